The summed E-state index contributed by atoms with van der Waals surface area (Å²) in [5.41, 5.74) is 3.63. The lowest BCUT2D eigenvalue weighted by molar-refractivity contribution is -0.134. The monoisotopic (exact) mass is 484 g/mol. The van der Waals surface area contributed by atoms with Crippen LogP contribution in [0.5, 0.6) is 0 Å². The number of piperazine rings is 1. The topological polar surface area (TPSA) is 77.3 Å². The molecule has 2 amide bonds. The van der Waals surface area contributed by atoms with Crippen molar-refractivity contribution in [1.29, 1.82) is 5.26 Å². The molecule has 0 N–H and O–H groups in total. The number of nitrogens with zero attached hydrogens (tertiary/aromatic N) is 4. The molecule has 2 saturated carbocycles. The lowest BCUT2D eigenvalue weighted by Gasteiger charge is -2.35. The predicted octanol–water partition coefficient (Wildman–Crippen LogP) is 4.80. The van der Waals surface area contributed by atoms with Crippen molar-refractivity contribution < 1.29 is 9.59 Å². The maximum absolute atomic E-state index is 13.7. The summed E-state index contributed by atoms with van der Waals surface area (Å²) in [6, 6.07) is 15.9. The van der Waals surface area contributed by atoms with Crippen LogP contribution in [0.25, 0.3) is 22.0 Å². The van der Waals surface area contributed by atoms with Gasteiger partial charge in [0.05, 0.1) is 22.6 Å². The molecule has 3 aliphatic rings. The molecule has 3 fully saturated rings. The molecule has 1 saturated heterocycles. The first-order valence-electron chi connectivity index (χ1n) is 12.2. The number of nitriles is 1. The first-order valence-corrected chi connectivity index (χ1v) is 12.6. The minimum Gasteiger partial charge on any atom is -0.339 e. The molecule has 2 aliphatic carbocycles. The molecule has 3 aromatic rings. The standard InChI is InChI=1S/C28H25ClN4O2/c29-21-7-8-24-22(15-21)25(18-3-5-20(6-4-18)28(17-30)9-10-28)23(16-31-24)27(35)33-13-11-32(12-14-33)26(34)19-1-2-19/h3-8,15-16,19H,1-2,9-14H2. The van der Waals surface area contributed by atoms with Crippen LogP contribution in [0.3, 0.4) is 0 Å². The number of aromatic nitrogens is 1. The fourth-order valence-electron chi connectivity index (χ4n) is 5.07. The Morgan fingerprint density at radius 3 is 2.31 bits per heavy atom. The summed E-state index contributed by atoms with van der Waals surface area (Å²) in [5, 5.41) is 11.0. The number of benzene rings is 2. The van der Waals surface area contributed by atoms with Crippen LogP contribution in [-0.4, -0.2) is 52.8 Å². The summed E-state index contributed by atoms with van der Waals surface area (Å²) in [5.74, 6) is 0.329. The van der Waals surface area contributed by atoms with Crippen LogP contribution in [0.15, 0.2) is 48.7 Å². The Morgan fingerprint density at radius 2 is 1.69 bits per heavy atom. The van der Waals surface area contributed by atoms with E-state index >= 15 is 0 Å². The Kier molecular flexibility index (Phi) is 5.26. The quantitative estimate of drug-likeness (QED) is 0.532. The lowest BCUT2D eigenvalue weighted by Crippen LogP contribution is -2.51. The van der Waals surface area contributed by atoms with Gasteiger partial charge in [-0.1, -0.05) is 35.9 Å². The van der Waals surface area contributed by atoms with Gasteiger partial charge >= 0.3 is 0 Å². The van der Waals surface area contributed by atoms with E-state index in [1.54, 1.807) is 12.3 Å². The Bertz CT molecular complexity index is 1380. The van der Waals surface area contributed by atoms with Crippen molar-refractivity contribution >= 4 is 34.3 Å². The van der Waals surface area contributed by atoms with E-state index in [2.05, 4.69) is 11.1 Å². The molecule has 1 aromatic heterocycles. The van der Waals surface area contributed by atoms with Gasteiger partial charge in [0.15, 0.2) is 0 Å². The van der Waals surface area contributed by atoms with E-state index in [0.29, 0.717) is 36.8 Å². The van der Waals surface area contributed by atoms with Crippen molar-refractivity contribution in [2.75, 3.05) is 26.2 Å². The van der Waals surface area contributed by atoms with Crippen molar-refractivity contribution in [3.8, 4) is 17.2 Å². The zero-order valence-corrected chi connectivity index (χ0v) is 20.1. The first kappa shape index (κ1) is 22.1. The van der Waals surface area contributed by atoms with Gasteiger partial charge in [0.2, 0.25) is 5.91 Å². The van der Waals surface area contributed by atoms with Gasteiger partial charge in [0, 0.05) is 54.3 Å². The number of carbonyl (C=O) groups excluding carboxylic acids is 2. The Morgan fingerprint density at radius 1 is 1.00 bits per heavy atom. The third kappa shape index (κ3) is 3.94. The second-order valence-electron chi connectivity index (χ2n) is 9.87. The number of hydrogen-bond donors (Lipinski definition) is 0. The van der Waals surface area contributed by atoms with E-state index in [1.807, 2.05) is 46.2 Å². The molecule has 7 heteroatoms. The molecule has 35 heavy (non-hydrogen) atoms. The van der Waals surface area contributed by atoms with Crippen molar-refractivity contribution in [2.24, 2.45) is 5.92 Å². The number of fused-ring (bicyclic) bond motifs is 1. The Hall–Kier alpha value is -3.43. The molecule has 1 aliphatic heterocycles. The van der Waals surface area contributed by atoms with Crippen molar-refractivity contribution in [3.05, 3.63) is 64.8 Å². The van der Waals surface area contributed by atoms with Crippen LogP contribution >= 0.6 is 11.6 Å². The number of amides is 2. The van der Waals surface area contributed by atoms with E-state index in [4.69, 9.17) is 11.6 Å². The normalized spacial score (nSPS) is 18.9. The summed E-state index contributed by atoms with van der Waals surface area (Å²) in [6.07, 6.45) is 5.40. The van der Waals surface area contributed by atoms with Gasteiger partial charge in [-0.25, -0.2) is 0 Å². The maximum atomic E-state index is 13.7. The van der Waals surface area contributed by atoms with E-state index in [-0.39, 0.29) is 23.1 Å². The number of halogens is 1. The van der Waals surface area contributed by atoms with Crippen LogP contribution in [-0.2, 0) is 10.2 Å². The van der Waals surface area contributed by atoms with Crippen LogP contribution < -0.4 is 0 Å². The molecule has 2 aromatic carbocycles. The molecular formula is C28H25ClN4O2. The highest BCUT2D eigenvalue weighted by atomic mass is 35.5. The second kappa shape index (κ2) is 8.35. The van der Waals surface area contributed by atoms with Crippen molar-refractivity contribution in [1.82, 2.24) is 14.8 Å². The third-order valence-electron chi connectivity index (χ3n) is 7.56. The van der Waals surface area contributed by atoms with Gasteiger partial charge < -0.3 is 9.80 Å². The highest BCUT2D eigenvalue weighted by Crippen LogP contribution is 2.48. The van der Waals surface area contributed by atoms with Gasteiger partial charge in [-0.3, -0.25) is 14.6 Å². The zero-order chi connectivity index (χ0) is 24.2. The average Bonchev–Trinajstić information content (AvgIpc) is 3.82. The first-order chi connectivity index (χ1) is 17.0. The predicted molar refractivity (Wildman–Crippen MR) is 134 cm³/mol. The molecule has 0 spiro atoms. The Labute approximate surface area is 209 Å². The molecule has 6 rings (SSSR count). The van der Waals surface area contributed by atoms with Crippen LogP contribution in [0, 0.1) is 17.2 Å². The van der Waals surface area contributed by atoms with Crippen molar-refractivity contribution in [3.63, 3.8) is 0 Å². The number of pyridine rings is 1. The lowest BCUT2D eigenvalue weighted by atomic mass is 9.91. The molecule has 2 heterocycles. The zero-order valence-electron chi connectivity index (χ0n) is 19.3. The fourth-order valence-corrected chi connectivity index (χ4v) is 5.24. The highest BCUT2D eigenvalue weighted by Gasteiger charge is 2.44. The average molecular weight is 485 g/mol. The van der Waals surface area contributed by atoms with Crippen molar-refractivity contribution in [2.45, 2.75) is 31.1 Å². The van der Waals surface area contributed by atoms with Gasteiger partial charge in [0.1, 0.15) is 0 Å². The van der Waals surface area contributed by atoms with Crippen LogP contribution in [0.1, 0.15) is 41.6 Å². The minimum atomic E-state index is -0.363. The second-order valence-corrected chi connectivity index (χ2v) is 10.3. The van der Waals surface area contributed by atoms with E-state index in [9.17, 15) is 14.9 Å². The summed E-state index contributed by atoms with van der Waals surface area (Å²) >= 11 is 6.35. The number of hydrogen-bond acceptors (Lipinski definition) is 4. The van der Waals surface area contributed by atoms with E-state index < -0.39 is 0 Å². The largest absolute Gasteiger partial charge is 0.339 e. The number of rotatable bonds is 4. The Balaban J connectivity index is 1.35. The summed E-state index contributed by atoms with van der Waals surface area (Å²) < 4.78 is 0. The number of carbonyl (C=O) groups is 2. The molecule has 6 nitrogen and oxygen atoms in total. The molecule has 0 radical (unpaired) electrons. The molecule has 0 bridgehead atoms. The third-order valence-corrected chi connectivity index (χ3v) is 7.79. The molecule has 0 atom stereocenters. The minimum absolute atomic E-state index is 0.0901. The molecule has 0 unspecified atom stereocenters. The van der Waals surface area contributed by atoms with Gasteiger partial charge in [-0.05, 0) is 55.0 Å². The molecular weight excluding hydrogens is 460 g/mol. The van der Waals surface area contributed by atoms with Gasteiger partial charge in [0.25, 0.3) is 5.91 Å². The van der Waals surface area contributed by atoms with E-state index in [0.717, 1.165) is 53.3 Å². The van der Waals surface area contributed by atoms with E-state index in [1.165, 1.54) is 0 Å². The van der Waals surface area contributed by atoms with Gasteiger partial charge in [-0.2, -0.15) is 5.26 Å². The highest BCUT2D eigenvalue weighted by molar-refractivity contribution is 6.31. The van der Waals surface area contributed by atoms with Gasteiger partial charge in [-0.15, -0.1) is 0 Å². The SMILES string of the molecule is N#CC1(c2ccc(-c3c(C(=O)N4CCN(C(=O)C5CC5)CC4)cnc4ccc(Cl)cc34)cc2)CC1. The summed E-state index contributed by atoms with van der Waals surface area (Å²) in [6.45, 7) is 2.14. The van der Waals surface area contributed by atoms with Crippen LogP contribution in [0.2, 0.25) is 5.02 Å². The molecule has 176 valence electrons. The van der Waals surface area contributed by atoms with Crippen LogP contribution in [0.4, 0.5) is 0 Å². The smallest absolute Gasteiger partial charge is 0.256 e. The summed E-state index contributed by atoms with van der Waals surface area (Å²) in [4.78, 5) is 34.4. The fraction of sp³-hybridized carbons (Fsp3) is 0.357. The summed E-state index contributed by atoms with van der Waals surface area (Å²) in [7, 11) is 0. The maximum Gasteiger partial charge on any atom is 0.256 e.